The Kier molecular flexibility index (Phi) is 5.05. The third-order valence-corrected chi connectivity index (χ3v) is 4.14. The molecular weight excluding hydrogens is 250 g/mol. The molecule has 3 heteroatoms. The number of amides is 1. The Morgan fingerprint density at radius 2 is 1.90 bits per heavy atom. The Morgan fingerprint density at radius 1 is 1.25 bits per heavy atom. The van der Waals surface area contributed by atoms with Crippen LogP contribution in [0.5, 0.6) is 5.75 Å². The number of carbonyl (C=O) groups is 1. The molecule has 3 atom stereocenters. The normalized spacial score (nSPS) is 23.9. The van der Waals surface area contributed by atoms with Crippen LogP contribution in [0.15, 0.2) is 24.3 Å². The zero-order chi connectivity index (χ0) is 14.5. The van der Waals surface area contributed by atoms with E-state index in [-0.39, 0.29) is 5.91 Å². The first kappa shape index (κ1) is 14.9. The predicted molar refractivity (Wildman–Crippen MR) is 80.8 cm³/mol. The van der Waals surface area contributed by atoms with Crippen LogP contribution in [-0.2, 0) is 4.79 Å². The maximum absolute atomic E-state index is 12.2. The number of carbonyl (C=O) groups excluding carboxylic acids is 1. The fourth-order valence-electron chi connectivity index (χ4n) is 2.71. The molecule has 1 aliphatic carbocycles. The van der Waals surface area contributed by atoms with E-state index >= 15 is 0 Å². The molecule has 1 N–H and O–H groups in total. The van der Waals surface area contributed by atoms with Crippen molar-refractivity contribution >= 4 is 5.91 Å². The molecule has 3 unspecified atom stereocenters. The van der Waals surface area contributed by atoms with Gasteiger partial charge in [-0.25, -0.2) is 0 Å². The maximum Gasteiger partial charge on any atom is 0.261 e. The van der Waals surface area contributed by atoms with Crippen LogP contribution in [0.2, 0.25) is 0 Å². The number of hydrogen-bond acceptors (Lipinski definition) is 2. The topological polar surface area (TPSA) is 38.3 Å². The van der Waals surface area contributed by atoms with Crippen molar-refractivity contribution in [2.75, 3.05) is 0 Å². The summed E-state index contributed by atoms with van der Waals surface area (Å²) in [6.07, 6.45) is 4.33. The number of rotatable bonds is 4. The molecule has 3 nitrogen and oxygen atoms in total. The van der Waals surface area contributed by atoms with E-state index < -0.39 is 6.10 Å². The van der Waals surface area contributed by atoms with Crippen molar-refractivity contribution in [2.24, 2.45) is 5.92 Å². The molecule has 1 fully saturated rings. The van der Waals surface area contributed by atoms with Gasteiger partial charge in [-0.15, -0.1) is 0 Å². The van der Waals surface area contributed by atoms with Crippen molar-refractivity contribution in [1.82, 2.24) is 5.32 Å². The lowest BCUT2D eigenvalue weighted by molar-refractivity contribution is -0.128. The summed E-state index contributed by atoms with van der Waals surface area (Å²) in [7, 11) is 0. The number of ether oxygens (including phenoxy) is 1. The van der Waals surface area contributed by atoms with E-state index in [1.165, 1.54) is 24.8 Å². The van der Waals surface area contributed by atoms with E-state index in [1.54, 1.807) is 0 Å². The average molecular weight is 275 g/mol. The Labute approximate surface area is 121 Å². The van der Waals surface area contributed by atoms with Crippen LogP contribution in [0, 0.1) is 12.8 Å². The summed E-state index contributed by atoms with van der Waals surface area (Å²) in [5.74, 6) is 1.30. The number of benzene rings is 1. The summed E-state index contributed by atoms with van der Waals surface area (Å²) in [6.45, 7) is 6.06. The smallest absolute Gasteiger partial charge is 0.261 e. The zero-order valence-corrected chi connectivity index (χ0v) is 12.7. The van der Waals surface area contributed by atoms with Gasteiger partial charge in [0.2, 0.25) is 0 Å². The van der Waals surface area contributed by atoms with E-state index in [0.29, 0.717) is 12.0 Å². The quantitative estimate of drug-likeness (QED) is 0.914. The summed E-state index contributed by atoms with van der Waals surface area (Å²) in [5.41, 5.74) is 1.19. The first-order valence-electron chi connectivity index (χ1n) is 7.60. The third-order valence-electron chi connectivity index (χ3n) is 4.14. The van der Waals surface area contributed by atoms with Gasteiger partial charge in [0.1, 0.15) is 5.75 Å². The van der Waals surface area contributed by atoms with Crippen LogP contribution in [0.1, 0.15) is 45.1 Å². The highest BCUT2D eigenvalue weighted by Crippen LogP contribution is 2.24. The number of hydrogen-bond donors (Lipinski definition) is 1. The predicted octanol–water partition coefficient (Wildman–Crippen LogP) is 3.46. The molecule has 0 bridgehead atoms. The summed E-state index contributed by atoms with van der Waals surface area (Å²) in [4.78, 5) is 12.2. The van der Waals surface area contributed by atoms with Crippen molar-refractivity contribution in [1.29, 1.82) is 0 Å². The van der Waals surface area contributed by atoms with Gasteiger partial charge in [-0.3, -0.25) is 4.79 Å². The lowest BCUT2D eigenvalue weighted by Gasteiger charge is -2.30. The second kappa shape index (κ2) is 6.78. The highest BCUT2D eigenvalue weighted by atomic mass is 16.5. The van der Waals surface area contributed by atoms with Gasteiger partial charge in [0, 0.05) is 6.04 Å². The Bertz CT molecular complexity index is 441. The van der Waals surface area contributed by atoms with E-state index in [9.17, 15) is 4.79 Å². The minimum atomic E-state index is -0.452. The van der Waals surface area contributed by atoms with Gasteiger partial charge in [-0.1, -0.05) is 37.5 Å². The SMILES string of the molecule is Cc1ccc(OC(C)C(=O)NC2CCCCC2C)cc1. The summed E-state index contributed by atoms with van der Waals surface area (Å²) in [6, 6.07) is 8.09. The van der Waals surface area contributed by atoms with Crippen molar-refractivity contribution < 1.29 is 9.53 Å². The largest absolute Gasteiger partial charge is 0.481 e. The monoisotopic (exact) mass is 275 g/mol. The summed E-state index contributed by atoms with van der Waals surface area (Å²) < 4.78 is 5.70. The highest BCUT2D eigenvalue weighted by Gasteiger charge is 2.25. The second-order valence-corrected chi connectivity index (χ2v) is 5.95. The van der Waals surface area contributed by atoms with Crippen LogP contribution in [0.4, 0.5) is 0 Å². The van der Waals surface area contributed by atoms with Crippen LogP contribution < -0.4 is 10.1 Å². The van der Waals surface area contributed by atoms with Crippen LogP contribution >= 0.6 is 0 Å². The molecule has 0 saturated heterocycles. The molecule has 1 aromatic rings. The van der Waals surface area contributed by atoms with Crippen molar-refractivity contribution in [3.63, 3.8) is 0 Å². The lowest BCUT2D eigenvalue weighted by Crippen LogP contribution is -2.46. The van der Waals surface area contributed by atoms with Crippen LogP contribution in [0.25, 0.3) is 0 Å². The van der Waals surface area contributed by atoms with Gasteiger partial charge >= 0.3 is 0 Å². The average Bonchev–Trinajstić information content (AvgIpc) is 2.44. The molecular formula is C17H25NO2. The number of nitrogens with one attached hydrogen (secondary N) is 1. The summed E-state index contributed by atoms with van der Waals surface area (Å²) >= 11 is 0. The first-order chi connectivity index (χ1) is 9.56. The van der Waals surface area contributed by atoms with Gasteiger partial charge in [-0.2, -0.15) is 0 Å². The van der Waals surface area contributed by atoms with Gasteiger partial charge < -0.3 is 10.1 Å². The van der Waals surface area contributed by atoms with Crippen LogP contribution in [-0.4, -0.2) is 18.1 Å². The number of aryl methyl sites for hydroxylation is 1. The minimum Gasteiger partial charge on any atom is -0.481 e. The molecule has 1 aliphatic rings. The minimum absolute atomic E-state index is 0.00988. The van der Waals surface area contributed by atoms with E-state index in [2.05, 4.69) is 12.2 Å². The van der Waals surface area contributed by atoms with Crippen molar-refractivity contribution in [3.8, 4) is 5.75 Å². The third kappa shape index (κ3) is 3.99. The molecule has 110 valence electrons. The molecule has 2 rings (SSSR count). The Balaban J connectivity index is 1.86. The molecule has 1 saturated carbocycles. The summed E-state index contributed by atoms with van der Waals surface area (Å²) in [5, 5.41) is 3.14. The Morgan fingerprint density at radius 3 is 2.55 bits per heavy atom. The molecule has 1 aromatic carbocycles. The van der Waals surface area contributed by atoms with E-state index in [1.807, 2.05) is 38.1 Å². The standard InChI is InChI=1S/C17H25NO2/c1-12-8-10-15(11-9-12)20-14(3)17(19)18-16-7-5-4-6-13(16)2/h8-11,13-14,16H,4-7H2,1-3H3,(H,18,19). The van der Waals surface area contributed by atoms with Gasteiger partial charge in [0.15, 0.2) is 6.10 Å². The molecule has 0 spiro atoms. The zero-order valence-electron chi connectivity index (χ0n) is 12.7. The highest BCUT2D eigenvalue weighted by molar-refractivity contribution is 5.81. The first-order valence-corrected chi connectivity index (χ1v) is 7.60. The second-order valence-electron chi connectivity index (χ2n) is 5.95. The molecule has 0 heterocycles. The van der Waals surface area contributed by atoms with Crippen molar-refractivity contribution in [3.05, 3.63) is 29.8 Å². The Hall–Kier alpha value is -1.51. The van der Waals surface area contributed by atoms with Gasteiger partial charge in [0.25, 0.3) is 5.91 Å². The maximum atomic E-state index is 12.2. The molecule has 1 amide bonds. The molecule has 0 radical (unpaired) electrons. The molecule has 20 heavy (non-hydrogen) atoms. The fourth-order valence-corrected chi connectivity index (χ4v) is 2.71. The van der Waals surface area contributed by atoms with E-state index in [0.717, 1.165) is 12.2 Å². The molecule has 0 aliphatic heterocycles. The van der Waals surface area contributed by atoms with Gasteiger partial charge in [0.05, 0.1) is 0 Å². The molecule has 0 aromatic heterocycles. The lowest BCUT2D eigenvalue weighted by atomic mass is 9.86. The van der Waals surface area contributed by atoms with E-state index in [4.69, 9.17) is 4.74 Å². The van der Waals surface area contributed by atoms with Gasteiger partial charge in [-0.05, 0) is 44.7 Å². The van der Waals surface area contributed by atoms with Crippen LogP contribution in [0.3, 0.4) is 0 Å². The van der Waals surface area contributed by atoms with Crippen molar-refractivity contribution in [2.45, 2.75) is 58.6 Å². The fraction of sp³-hybridized carbons (Fsp3) is 0.588.